The van der Waals surface area contributed by atoms with E-state index in [1.165, 1.54) is 25.0 Å². The van der Waals surface area contributed by atoms with Gasteiger partial charge in [-0.1, -0.05) is 12.1 Å². The fourth-order valence-electron chi connectivity index (χ4n) is 4.03. The summed E-state index contributed by atoms with van der Waals surface area (Å²) in [7, 11) is 2.06. The number of pyridine rings is 1. The first kappa shape index (κ1) is 22.3. The van der Waals surface area contributed by atoms with Crippen LogP contribution in [0.4, 0.5) is 13.2 Å². The molecule has 1 aliphatic carbocycles. The zero-order valence-corrected chi connectivity index (χ0v) is 17.4. The number of halogens is 3. The van der Waals surface area contributed by atoms with Crippen LogP contribution in [0.2, 0.25) is 0 Å². The van der Waals surface area contributed by atoms with E-state index in [0.717, 1.165) is 12.7 Å². The lowest BCUT2D eigenvalue weighted by Crippen LogP contribution is -2.53. The summed E-state index contributed by atoms with van der Waals surface area (Å²) in [5.74, 6) is 0.0563. The molecule has 2 atom stereocenters. The van der Waals surface area contributed by atoms with Crippen molar-refractivity contribution < 1.29 is 27.4 Å². The third-order valence-corrected chi connectivity index (χ3v) is 6.06. The molecule has 2 aliphatic rings. The number of hydrogen-bond donors (Lipinski definition) is 2. The fourth-order valence-corrected chi connectivity index (χ4v) is 4.03. The van der Waals surface area contributed by atoms with Gasteiger partial charge in [0.05, 0.1) is 19.3 Å². The summed E-state index contributed by atoms with van der Waals surface area (Å²) in [4.78, 5) is 27.3. The van der Waals surface area contributed by atoms with Crippen LogP contribution in [0.15, 0.2) is 35.1 Å². The Kier molecular flexibility index (Phi) is 6.00. The molecular formula is C22H24F3N3O4. The van der Waals surface area contributed by atoms with E-state index < -0.39 is 28.9 Å². The highest BCUT2D eigenvalue weighted by Crippen LogP contribution is 2.37. The predicted octanol–water partition coefficient (Wildman–Crippen LogP) is 2.65. The predicted molar refractivity (Wildman–Crippen MR) is 110 cm³/mol. The molecule has 1 aliphatic heterocycles. The fraction of sp³-hybridized carbons (Fsp3) is 0.455. The van der Waals surface area contributed by atoms with Crippen LogP contribution in [0.1, 0.15) is 28.9 Å². The number of nitrogens with one attached hydrogen (secondary N) is 1. The number of aromatic nitrogens is 1. The second kappa shape index (κ2) is 8.59. The van der Waals surface area contributed by atoms with Gasteiger partial charge >= 0.3 is 6.18 Å². The Morgan fingerprint density at radius 3 is 2.53 bits per heavy atom. The minimum Gasteiger partial charge on any atom is -0.492 e. The number of H-pyrrole nitrogens is 1. The molecule has 10 heteroatoms. The zero-order chi connectivity index (χ0) is 23.0. The van der Waals surface area contributed by atoms with E-state index in [9.17, 15) is 22.8 Å². The van der Waals surface area contributed by atoms with E-state index in [1.54, 1.807) is 17.1 Å². The van der Waals surface area contributed by atoms with Crippen molar-refractivity contribution in [1.82, 2.24) is 9.88 Å². The van der Waals surface area contributed by atoms with Gasteiger partial charge in [-0.25, -0.2) is 0 Å². The third-order valence-electron chi connectivity index (χ3n) is 6.06. The first-order valence-corrected chi connectivity index (χ1v) is 10.3. The Morgan fingerprint density at radius 2 is 1.94 bits per heavy atom. The number of alkyl halides is 3. The average molecular weight is 451 g/mol. The van der Waals surface area contributed by atoms with Crippen molar-refractivity contribution in [3.05, 3.63) is 51.9 Å². The van der Waals surface area contributed by atoms with Crippen LogP contribution < -0.4 is 16.0 Å². The second-order valence-corrected chi connectivity index (χ2v) is 8.26. The summed E-state index contributed by atoms with van der Waals surface area (Å²) in [6, 6.07) is 7.32. The molecule has 1 saturated carbocycles. The van der Waals surface area contributed by atoms with Crippen LogP contribution >= 0.6 is 0 Å². The number of nitrogens with two attached hydrogens (primary N) is 1. The molecule has 0 spiro atoms. The van der Waals surface area contributed by atoms with Gasteiger partial charge in [0.15, 0.2) is 0 Å². The minimum atomic E-state index is -4.82. The number of carbonyl (C=O) groups excluding carboxylic acids is 1. The molecule has 1 amide bonds. The lowest BCUT2D eigenvalue weighted by Gasteiger charge is -2.39. The van der Waals surface area contributed by atoms with Crippen molar-refractivity contribution >= 4 is 5.91 Å². The van der Waals surface area contributed by atoms with Crippen molar-refractivity contribution in [3.63, 3.8) is 0 Å². The van der Waals surface area contributed by atoms with Crippen LogP contribution in [0, 0.1) is 5.92 Å². The number of ether oxygens (including phenoxy) is 2. The number of carbonyl (C=O) groups is 1. The number of morpholine rings is 1. The average Bonchev–Trinajstić information content (AvgIpc) is 3.57. The van der Waals surface area contributed by atoms with E-state index in [4.69, 9.17) is 15.2 Å². The highest BCUT2D eigenvalue weighted by molar-refractivity contribution is 5.94. The number of amides is 1. The number of benzene rings is 1. The molecule has 3 N–H and O–H groups in total. The molecule has 0 radical (unpaired) electrons. The molecule has 2 heterocycles. The van der Waals surface area contributed by atoms with E-state index in [2.05, 4.69) is 11.9 Å². The Bertz CT molecular complexity index is 1050. The molecule has 1 aromatic heterocycles. The second-order valence-electron chi connectivity index (χ2n) is 8.26. The molecule has 1 aromatic carbocycles. The summed E-state index contributed by atoms with van der Waals surface area (Å²) in [5.41, 5.74) is 1.98. The van der Waals surface area contributed by atoms with Crippen molar-refractivity contribution in [3.8, 4) is 16.9 Å². The van der Waals surface area contributed by atoms with Gasteiger partial charge in [-0.15, -0.1) is 0 Å². The third kappa shape index (κ3) is 4.66. The van der Waals surface area contributed by atoms with Crippen molar-refractivity contribution in [2.75, 3.05) is 26.9 Å². The molecule has 1 saturated heterocycles. The van der Waals surface area contributed by atoms with Gasteiger partial charge < -0.3 is 20.2 Å². The molecule has 2 aromatic rings. The summed E-state index contributed by atoms with van der Waals surface area (Å²) in [6.45, 7) is 1.66. The summed E-state index contributed by atoms with van der Waals surface area (Å²) >= 11 is 0. The smallest absolute Gasteiger partial charge is 0.431 e. The summed E-state index contributed by atoms with van der Waals surface area (Å²) < 4.78 is 51.9. The van der Waals surface area contributed by atoms with Crippen LogP contribution in [0.3, 0.4) is 0 Å². The molecule has 172 valence electrons. The van der Waals surface area contributed by atoms with E-state index in [-0.39, 0.29) is 17.2 Å². The molecule has 32 heavy (non-hydrogen) atoms. The van der Waals surface area contributed by atoms with Gasteiger partial charge in [0.1, 0.15) is 23.6 Å². The molecule has 0 bridgehead atoms. The Hall–Kier alpha value is -2.85. The largest absolute Gasteiger partial charge is 0.492 e. The molecule has 7 nitrogen and oxygen atoms in total. The number of hydrogen-bond acceptors (Lipinski definition) is 5. The maximum absolute atomic E-state index is 13.5. The maximum Gasteiger partial charge on any atom is 0.431 e. The number of primary amides is 1. The summed E-state index contributed by atoms with van der Waals surface area (Å²) in [6.07, 6.45) is -2.38. The van der Waals surface area contributed by atoms with Crippen molar-refractivity contribution in [2.24, 2.45) is 11.7 Å². The SMILES string of the molecule is CN1[C@H](COc2ccc(-c3cc(C(N)=O)c(=O)[nH]c3C(F)(F)F)cc2)COC[C@@H]1C1CC1. The van der Waals surface area contributed by atoms with Crippen LogP contribution in [-0.2, 0) is 10.9 Å². The lowest BCUT2D eigenvalue weighted by atomic mass is 10.0. The molecule has 4 rings (SSSR count). The van der Waals surface area contributed by atoms with Gasteiger partial charge in [-0.2, -0.15) is 13.2 Å². The number of rotatable bonds is 6. The first-order valence-electron chi connectivity index (χ1n) is 10.3. The molecule has 0 unspecified atom stereocenters. The van der Waals surface area contributed by atoms with Gasteiger partial charge in [-0.3, -0.25) is 14.5 Å². The normalized spacial score (nSPS) is 22.0. The van der Waals surface area contributed by atoms with Crippen molar-refractivity contribution in [1.29, 1.82) is 0 Å². The quantitative estimate of drug-likeness (QED) is 0.704. The number of likely N-dealkylation sites (N-methyl/N-ethyl adjacent to an activating group) is 1. The molecular weight excluding hydrogens is 427 g/mol. The van der Waals surface area contributed by atoms with Gasteiger partial charge in [0.2, 0.25) is 0 Å². The van der Waals surface area contributed by atoms with Gasteiger partial charge in [0.25, 0.3) is 11.5 Å². The molecule has 2 fully saturated rings. The minimum absolute atomic E-state index is 0.0863. The highest BCUT2D eigenvalue weighted by Gasteiger charge is 2.39. The van der Waals surface area contributed by atoms with E-state index in [0.29, 0.717) is 30.9 Å². The standard InChI is InChI=1S/C22H24F3N3O4/c1-28-14(9-31-11-18(28)13-2-3-13)10-32-15-6-4-12(5-7-15)16-8-17(20(26)29)21(30)27-19(16)22(23,24)25/h4-8,13-14,18H,2-3,9-11H2,1H3,(H2,26,29)(H,27,30)/t14-,18+/m0/s1. The Labute approximate surface area is 182 Å². The number of nitrogens with zero attached hydrogens (tertiary/aromatic N) is 1. The first-order chi connectivity index (χ1) is 15.1. The topological polar surface area (TPSA) is 97.6 Å². The van der Waals surface area contributed by atoms with E-state index >= 15 is 0 Å². The highest BCUT2D eigenvalue weighted by atomic mass is 19.4. The van der Waals surface area contributed by atoms with Crippen molar-refractivity contribution in [2.45, 2.75) is 31.1 Å². The van der Waals surface area contributed by atoms with Crippen LogP contribution in [0.5, 0.6) is 5.75 Å². The van der Waals surface area contributed by atoms with Gasteiger partial charge in [-0.05, 0) is 49.6 Å². The Balaban J connectivity index is 1.52. The maximum atomic E-state index is 13.5. The zero-order valence-electron chi connectivity index (χ0n) is 17.4. The lowest BCUT2D eigenvalue weighted by molar-refractivity contribution is -0.140. The Morgan fingerprint density at radius 1 is 1.25 bits per heavy atom. The van der Waals surface area contributed by atoms with Crippen LogP contribution in [0.25, 0.3) is 11.1 Å². The van der Waals surface area contributed by atoms with Gasteiger partial charge in [0, 0.05) is 11.6 Å². The monoisotopic (exact) mass is 451 g/mol. The van der Waals surface area contributed by atoms with Crippen LogP contribution in [-0.4, -0.2) is 54.7 Å². The number of aromatic amines is 1. The van der Waals surface area contributed by atoms with E-state index in [1.807, 2.05) is 0 Å². The summed E-state index contributed by atoms with van der Waals surface area (Å²) in [5, 5.41) is 0.